The van der Waals surface area contributed by atoms with Crippen molar-refractivity contribution < 1.29 is 13.9 Å². The Kier molecular flexibility index (Phi) is 6.39. The van der Waals surface area contributed by atoms with Gasteiger partial charge in [0.2, 0.25) is 5.91 Å². The number of ether oxygens (including phenoxy) is 1. The molecule has 0 aliphatic rings. The van der Waals surface area contributed by atoms with Gasteiger partial charge in [-0.1, -0.05) is 31.2 Å². The lowest BCUT2D eigenvalue weighted by atomic mass is 10.2. The number of nitrogens with one attached hydrogen (secondary N) is 1. The van der Waals surface area contributed by atoms with E-state index in [0.717, 1.165) is 5.56 Å². The minimum atomic E-state index is -0.437. The van der Waals surface area contributed by atoms with Gasteiger partial charge in [-0.15, -0.1) is 0 Å². The first-order chi connectivity index (χ1) is 14.0. The van der Waals surface area contributed by atoms with Crippen LogP contribution in [0.1, 0.15) is 18.2 Å². The second-order valence-electron chi connectivity index (χ2n) is 6.49. The van der Waals surface area contributed by atoms with Crippen molar-refractivity contribution in [3.8, 4) is 17.1 Å². The fourth-order valence-electron chi connectivity index (χ4n) is 2.92. The topological polar surface area (TPSA) is 73.2 Å². The van der Waals surface area contributed by atoms with Gasteiger partial charge in [0.05, 0.1) is 7.11 Å². The Morgan fingerprint density at radius 1 is 1.17 bits per heavy atom. The summed E-state index contributed by atoms with van der Waals surface area (Å²) in [4.78, 5) is 29.6. The number of carbonyl (C=O) groups excluding carboxylic acids is 1. The first-order valence-electron chi connectivity index (χ1n) is 9.26. The molecule has 3 rings (SSSR count). The fourth-order valence-corrected chi connectivity index (χ4v) is 2.92. The summed E-state index contributed by atoms with van der Waals surface area (Å²) in [5.74, 6) is 0.178. The highest BCUT2D eigenvalue weighted by atomic mass is 19.1. The molecular formula is C22H22FN3O3. The monoisotopic (exact) mass is 395 g/mol. The van der Waals surface area contributed by atoms with Gasteiger partial charge in [-0.2, -0.15) is 0 Å². The van der Waals surface area contributed by atoms with Crippen molar-refractivity contribution in [2.75, 3.05) is 7.11 Å². The zero-order chi connectivity index (χ0) is 20.8. The first-order valence-corrected chi connectivity index (χ1v) is 9.26. The van der Waals surface area contributed by atoms with Gasteiger partial charge in [-0.3, -0.25) is 14.2 Å². The van der Waals surface area contributed by atoms with Crippen LogP contribution in [0, 0.1) is 5.82 Å². The highest BCUT2D eigenvalue weighted by Gasteiger charge is 2.14. The Labute approximate surface area is 168 Å². The van der Waals surface area contributed by atoms with E-state index < -0.39 is 5.82 Å². The number of aromatic nitrogens is 2. The molecule has 0 saturated heterocycles. The van der Waals surface area contributed by atoms with Crippen molar-refractivity contribution in [1.29, 1.82) is 0 Å². The third-order valence-corrected chi connectivity index (χ3v) is 4.43. The van der Waals surface area contributed by atoms with Crippen LogP contribution in [-0.4, -0.2) is 22.6 Å². The molecule has 0 atom stereocenters. The molecule has 0 aliphatic heterocycles. The predicted octanol–water partition coefficient (Wildman–Crippen LogP) is 2.94. The number of halogens is 1. The van der Waals surface area contributed by atoms with Crippen molar-refractivity contribution >= 4 is 5.91 Å². The molecule has 0 unspecified atom stereocenters. The van der Waals surface area contributed by atoms with Crippen LogP contribution < -0.4 is 15.6 Å². The molecular weight excluding hydrogens is 373 g/mol. The highest BCUT2D eigenvalue weighted by Crippen LogP contribution is 2.18. The highest BCUT2D eigenvalue weighted by molar-refractivity contribution is 5.76. The van der Waals surface area contributed by atoms with Crippen molar-refractivity contribution in [2.24, 2.45) is 0 Å². The Hall–Kier alpha value is -3.48. The molecule has 0 aliphatic carbocycles. The Bertz CT molecular complexity index is 1080. The second kappa shape index (κ2) is 9.14. The molecule has 1 amide bonds. The van der Waals surface area contributed by atoms with Crippen molar-refractivity contribution in [2.45, 2.75) is 26.4 Å². The van der Waals surface area contributed by atoms with E-state index in [9.17, 15) is 14.0 Å². The molecule has 2 aromatic carbocycles. The Morgan fingerprint density at radius 2 is 1.97 bits per heavy atom. The van der Waals surface area contributed by atoms with Crippen LogP contribution >= 0.6 is 0 Å². The summed E-state index contributed by atoms with van der Waals surface area (Å²) < 4.78 is 20.1. The van der Waals surface area contributed by atoms with Crippen LogP contribution in [0.2, 0.25) is 0 Å². The molecule has 0 saturated carbocycles. The summed E-state index contributed by atoms with van der Waals surface area (Å²) in [6, 6.07) is 14.6. The lowest BCUT2D eigenvalue weighted by Gasteiger charge is -2.14. The maximum atomic E-state index is 13.7. The number of rotatable bonds is 7. The van der Waals surface area contributed by atoms with Gasteiger partial charge in [-0.05, 0) is 36.2 Å². The number of nitrogens with zero attached hydrogens (tertiary/aromatic N) is 2. The number of methoxy groups -OCH3 is 1. The molecule has 7 heteroatoms. The third kappa shape index (κ3) is 5.07. The summed E-state index contributed by atoms with van der Waals surface area (Å²) in [7, 11) is 1.57. The minimum absolute atomic E-state index is 0.217. The molecule has 150 valence electrons. The average Bonchev–Trinajstić information content (AvgIpc) is 2.73. The third-order valence-electron chi connectivity index (χ3n) is 4.43. The predicted molar refractivity (Wildman–Crippen MR) is 108 cm³/mol. The summed E-state index contributed by atoms with van der Waals surface area (Å²) in [5, 5.41) is 2.79. The Balaban J connectivity index is 1.84. The molecule has 0 radical (unpaired) electrons. The summed E-state index contributed by atoms with van der Waals surface area (Å²) in [5.41, 5.74) is 1.54. The normalized spacial score (nSPS) is 10.6. The van der Waals surface area contributed by atoms with Gasteiger partial charge in [0.25, 0.3) is 5.56 Å². The molecule has 1 N–H and O–H groups in total. The number of benzene rings is 2. The van der Waals surface area contributed by atoms with E-state index in [4.69, 9.17) is 4.74 Å². The van der Waals surface area contributed by atoms with Crippen LogP contribution in [0.25, 0.3) is 11.4 Å². The van der Waals surface area contributed by atoms with Gasteiger partial charge in [0.15, 0.2) is 0 Å². The van der Waals surface area contributed by atoms with E-state index >= 15 is 0 Å². The molecule has 0 fully saturated rings. The molecule has 6 nitrogen and oxygen atoms in total. The first kappa shape index (κ1) is 20.3. The van der Waals surface area contributed by atoms with Crippen molar-refractivity contribution in [1.82, 2.24) is 14.9 Å². The van der Waals surface area contributed by atoms with Crippen LogP contribution in [0.15, 0.2) is 59.4 Å². The number of amides is 1. The van der Waals surface area contributed by atoms with Crippen molar-refractivity contribution in [3.05, 3.63) is 82.0 Å². The van der Waals surface area contributed by atoms with E-state index in [0.29, 0.717) is 30.0 Å². The number of hydrogen-bond acceptors (Lipinski definition) is 4. The van der Waals surface area contributed by atoms with Crippen molar-refractivity contribution in [3.63, 3.8) is 0 Å². The zero-order valence-electron chi connectivity index (χ0n) is 16.3. The largest absolute Gasteiger partial charge is 0.497 e. The number of carbonyl (C=O) groups is 1. The lowest BCUT2D eigenvalue weighted by molar-refractivity contribution is -0.121. The molecule has 3 aromatic rings. The molecule has 1 heterocycles. The van der Waals surface area contributed by atoms with E-state index in [1.165, 1.54) is 22.8 Å². The van der Waals surface area contributed by atoms with Crippen LogP contribution in [0.4, 0.5) is 4.39 Å². The maximum Gasteiger partial charge on any atom is 0.254 e. The molecule has 0 spiro atoms. The zero-order valence-corrected chi connectivity index (χ0v) is 16.3. The van der Waals surface area contributed by atoms with E-state index in [1.54, 1.807) is 19.2 Å². The average molecular weight is 395 g/mol. The van der Waals surface area contributed by atoms with Gasteiger partial charge in [-0.25, -0.2) is 9.37 Å². The maximum absolute atomic E-state index is 13.7. The fraction of sp³-hybridized carbons (Fsp3) is 0.227. The van der Waals surface area contributed by atoms with E-state index in [-0.39, 0.29) is 23.8 Å². The Morgan fingerprint density at radius 3 is 2.69 bits per heavy atom. The molecule has 29 heavy (non-hydrogen) atoms. The summed E-state index contributed by atoms with van der Waals surface area (Å²) >= 11 is 0. The second-order valence-corrected chi connectivity index (χ2v) is 6.49. The minimum Gasteiger partial charge on any atom is -0.497 e. The van der Waals surface area contributed by atoms with Crippen LogP contribution in [0.3, 0.4) is 0 Å². The summed E-state index contributed by atoms with van der Waals surface area (Å²) in [6.45, 7) is 1.95. The lowest BCUT2D eigenvalue weighted by Crippen LogP contribution is -2.33. The SMILES string of the molecule is CCc1cc(=O)n(CC(=O)NCc2cccc(OC)c2)c(-c2cccc(F)c2)n1. The van der Waals surface area contributed by atoms with Crippen LogP contribution in [-0.2, 0) is 24.3 Å². The standard InChI is InChI=1S/C22H22FN3O3/c1-3-18-12-21(28)26(22(25-18)16-7-5-8-17(23)11-16)14-20(27)24-13-15-6-4-9-19(10-15)29-2/h4-12H,3,13-14H2,1-2H3,(H,24,27). The smallest absolute Gasteiger partial charge is 0.254 e. The summed E-state index contributed by atoms with van der Waals surface area (Å²) in [6.07, 6.45) is 0.556. The van der Waals surface area contributed by atoms with Gasteiger partial charge in [0, 0.05) is 23.9 Å². The molecule has 0 bridgehead atoms. The van der Waals surface area contributed by atoms with Gasteiger partial charge >= 0.3 is 0 Å². The number of aryl methyl sites for hydroxylation is 1. The number of hydrogen-bond donors (Lipinski definition) is 1. The van der Waals surface area contributed by atoms with E-state index in [2.05, 4.69) is 10.3 Å². The van der Waals surface area contributed by atoms with Gasteiger partial charge < -0.3 is 10.1 Å². The molecule has 1 aromatic heterocycles. The quantitative estimate of drug-likeness (QED) is 0.668. The van der Waals surface area contributed by atoms with Gasteiger partial charge in [0.1, 0.15) is 23.9 Å². The van der Waals surface area contributed by atoms with E-state index in [1.807, 2.05) is 31.2 Å². The van der Waals surface area contributed by atoms with Crippen LogP contribution in [0.5, 0.6) is 5.75 Å².